The van der Waals surface area contributed by atoms with Crippen molar-refractivity contribution in [3.63, 3.8) is 0 Å². The fourth-order valence-corrected chi connectivity index (χ4v) is 4.16. The molecule has 0 aliphatic carbocycles. The minimum atomic E-state index is -0.0380. The van der Waals surface area contributed by atoms with Gasteiger partial charge in [0.25, 0.3) is 0 Å². The lowest BCUT2D eigenvalue weighted by molar-refractivity contribution is -0.135. The van der Waals surface area contributed by atoms with E-state index < -0.39 is 0 Å². The van der Waals surface area contributed by atoms with E-state index >= 15 is 0 Å². The zero-order valence-corrected chi connectivity index (χ0v) is 15.3. The number of benzene rings is 1. The second-order valence-electron chi connectivity index (χ2n) is 7.43. The second-order valence-corrected chi connectivity index (χ2v) is 7.43. The lowest BCUT2D eigenvalue weighted by Gasteiger charge is -2.34. The highest BCUT2D eigenvalue weighted by Crippen LogP contribution is 2.27. The van der Waals surface area contributed by atoms with Gasteiger partial charge < -0.3 is 9.80 Å². The van der Waals surface area contributed by atoms with Crippen molar-refractivity contribution in [1.82, 2.24) is 9.80 Å². The van der Waals surface area contributed by atoms with E-state index in [0.29, 0.717) is 18.2 Å². The zero-order valence-electron chi connectivity index (χ0n) is 15.3. The molecular weight excluding hydrogens is 312 g/mol. The van der Waals surface area contributed by atoms with Gasteiger partial charge in [-0.1, -0.05) is 37.3 Å². The van der Waals surface area contributed by atoms with E-state index in [1.807, 2.05) is 40.1 Å². The summed E-state index contributed by atoms with van der Waals surface area (Å²) < 4.78 is 0. The molecule has 2 aliphatic rings. The predicted octanol–water partition coefficient (Wildman–Crippen LogP) is 3.43. The van der Waals surface area contributed by atoms with Crippen LogP contribution in [0.1, 0.15) is 56.9 Å². The van der Waals surface area contributed by atoms with E-state index in [-0.39, 0.29) is 11.8 Å². The van der Waals surface area contributed by atoms with E-state index in [1.165, 1.54) is 0 Å². The third-order valence-electron chi connectivity index (χ3n) is 5.76. The monoisotopic (exact) mass is 342 g/mol. The van der Waals surface area contributed by atoms with Gasteiger partial charge in [-0.25, -0.2) is 0 Å². The van der Waals surface area contributed by atoms with Crippen molar-refractivity contribution < 1.29 is 9.59 Å². The fraction of sp³-hybridized carbons (Fsp3) is 0.619. The number of carbonyl (C=O) groups is 2. The highest BCUT2D eigenvalue weighted by molar-refractivity contribution is 5.84. The largest absolute Gasteiger partial charge is 0.343 e. The van der Waals surface area contributed by atoms with Crippen LogP contribution in [0.15, 0.2) is 30.3 Å². The summed E-state index contributed by atoms with van der Waals surface area (Å²) in [5.74, 6) is 0.967. The topological polar surface area (TPSA) is 40.6 Å². The molecule has 1 aromatic rings. The molecule has 136 valence electrons. The first-order valence-electron chi connectivity index (χ1n) is 9.80. The number of carbonyl (C=O) groups excluding carboxylic acids is 2. The Kier molecular flexibility index (Phi) is 6.11. The number of rotatable bonds is 5. The fourth-order valence-electron chi connectivity index (χ4n) is 4.16. The highest BCUT2D eigenvalue weighted by atomic mass is 16.2. The standard InChI is InChI=1S/C21H30N2O2/c1-2-19(18-8-4-3-5-9-18)21(25)23-14-10-17(11-15-23)16-20(24)22-12-6-7-13-22/h3-5,8-9,17,19H,2,6-7,10-16H2,1H3. The Hall–Kier alpha value is -1.84. The van der Waals surface area contributed by atoms with Crippen LogP contribution in [-0.2, 0) is 9.59 Å². The molecule has 4 nitrogen and oxygen atoms in total. The van der Waals surface area contributed by atoms with Crippen LogP contribution in [0.4, 0.5) is 0 Å². The lowest BCUT2D eigenvalue weighted by Crippen LogP contribution is -2.42. The van der Waals surface area contributed by atoms with Crippen LogP contribution in [0.25, 0.3) is 0 Å². The van der Waals surface area contributed by atoms with Gasteiger partial charge in [-0.05, 0) is 43.6 Å². The maximum atomic E-state index is 12.9. The molecule has 4 heteroatoms. The second kappa shape index (κ2) is 8.50. The number of amides is 2. The van der Waals surface area contributed by atoms with E-state index in [0.717, 1.165) is 63.8 Å². The van der Waals surface area contributed by atoms with Crippen LogP contribution < -0.4 is 0 Å². The normalized spacial score (nSPS) is 19.9. The van der Waals surface area contributed by atoms with Gasteiger partial charge in [-0.3, -0.25) is 9.59 Å². The molecule has 0 bridgehead atoms. The molecule has 2 heterocycles. The number of piperidine rings is 1. The van der Waals surface area contributed by atoms with Crippen molar-refractivity contribution in [2.24, 2.45) is 5.92 Å². The average Bonchev–Trinajstić information content (AvgIpc) is 3.19. The summed E-state index contributed by atoms with van der Waals surface area (Å²) in [5.41, 5.74) is 1.11. The molecule has 2 fully saturated rings. The Labute approximate surface area is 151 Å². The Morgan fingerprint density at radius 1 is 1.00 bits per heavy atom. The molecule has 1 atom stereocenters. The van der Waals surface area contributed by atoms with Crippen molar-refractivity contribution >= 4 is 11.8 Å². The van der Waals surface area contributed by atoms with Gasteiger partial charge in [-0.15, -0.1) is 0 Å². The molecule has 0 radical (unpaired) electrons. The first kappa shape index (κ1) is 18.0. The molecule has 3 rings (SSSR count). The minimum absolute atomic E-state index is 0.0380. The highest BCUT2D eigenvalue weighted by Gasteiger charge is 2.30. The van der Waals surface area contributed by atoms with Crippen LogP contribution in [0.5, 0.6) is 0 Å². The Morgan fingerprint density at radius 3 is 2.24 bits per heavy atom. The molecule has 0 N–H and O–H groups in total. The van der Waals surface area contributed by atoms with Crippen molar-refractivity contribution in [2.45, 2.75) is 51.4 Å². The molecule has 0 spiro atoms. The van der Waals surface area contributed by atoms with Gasteiger partial charge in [0.05, 0.1) is 5.92 Å². The summed E-state index contributed by atoms with van der Waals surface area (Å²) in [5, 5.41) is 0. The van der Waals surface area contributed by atoms with Crippen LogP contribution >= 0.6 is 0 Å². The quantitative estimate of drug-likeness (QED) is 0.822. The average molecular weight is 342 g/mol. The summed E-state index contributed by atoms with van der Waals surface area (Å²) in [6, 6.07) is 10.1. The summed E-state index contributed by atoms with van der Waals surface area (Å²) in [4.78, 5) is 29.3. The van der Waals surface area contributed by atoms with Gasteiger partial charge in [0.1, 0.15) is 0 Å². The van der Waals surface area contributed by atoms with Crippen LogP contribution in [0, 0.1) is 5.92 Å². The van der Waals surface area contributed by atoms with Gasteiger partial charge in [0.15, 0.2) is 0 Å². The van der Waals surface area contributed by atoms with Gasteiger partial charge in [0, 0.05) is 32.6 Å². The van der Waals surface area contributed by atoms with Crippen LogP contribution in [-0.4, -0.2) is 47.8 Å². The summed E-state index contributed by atoms with van der Waals surface area (Å²) >= 11 is 0. The van der Waals surface area contributed by atoms with E-state index in [4.69, 9.17) is 0 Å². The number of hydrogen-bond acceptors (Lipinski definition) is 2. The molecule has 0 saturated carbocycles. The summed E-state index contributed by atoms with van der Waals surface area (Å²) in [6.07, 6.45) is 5.70. The maximum Gasteiger partial charge on any atom is 0.230 e. The molecule has 1 unspecified atom stereocenters. The Morgan fingerprint density at radius 2 is 1.64 bits per heavy atom. The summed E-state index contributed by atoms with van der Waals surface area (Å²) in [6.45, 7) is 5.54. The van der Waals surface area contributed by atoms with Crippen molar-refractivity contribution in [3.8, 4) is 0 Å². The SMILES string of the molecule is CCC(C(=O)N1CCC(CC(=O)N2CCCC2)CC1)c1ccccc1. The molecular formula is C21H30N2O2. The summed E-state index contributed by atoms with van der Waals surface area (Å²) in [7, 11) is 0. The first-order chi connectivity index (χ1) is 12.2. The van der Waals surface area contributed by atoms with E-state index in [1.54, 1.807) is 0 Å². The van der Waals surface area contributed by atoms with Crippen molar-refractivity contribution in [2.75, 3.05) is 26.2 Å². The number of hydrogen-bond donors (Lipinski definition) is 0. The smallest absolute Gasteiger partial charge is 0.230 e. The third kappa shape index (κ3) is 4.42. The molecule has 2 saturated heterocycles. The van der Waals surface area contributed by atoms with Gasteiger partial charge >= 0.3 is 0 Å². The Balaban J connectivity index is 1.51. The van der Waals surface area contributed by atoms with Crippen molar-refractivity contribution in [3.05, 3.63) is 35.9 Å². The predicted molar refractivity (Wildman–Crippen MR) is 99.2 cm³/mol. The van der Waals surface area contributed by atoms with Crippen molar-refractivity contribution in [1.29, 1.82) is 0 Å². The minimum Gasteiger partial charge on any atom is -0.343 e. The first-order valence-corrected chi connectivity index (χ1v) is 9.80. The molecule has 2 amide bonds. The number of nitrogens with zero attached hydrogens (tertiary/aromatic N) is 2. The lowest BCUT2D eigenvalue weighted by atomic mass is 9.90. The zero-order chi connectivity index (χ0) is 17.6. The Bertz CT molecular complexity index is 573. The molecule has 1 aromatic carbocycles. The third-order valence-corrected chi connectivity index (χ3v) is 5.76. The maximum absolute atomic E-state index is 12.9. The number of likely N-dealkylation sites (tertiary alicyclic amines) is 2. The molecule has 2 aliphatic heterocycles. The van der Waals surface area contributed by atoms with Crippen LogP contribution in [0.3, 0.4) is 0 Å². The van der Waals surface area contributed by atoms with Gasteiger partial charge in [0.2, 0.25) is 11.8 Å². The van der Waals surface area contributed by atoms with E-state index in [2.05, 4.69) is 6.92 Å². The van der Waals surface area contributed by atoms with Crippen LogP contribution in [0.2, 0.25) is 0 Å². The molecule has 0 aromatic heterocycles. The van der Waals surface area contributed by atoms with Gasteiger partial charge in [-0.2, -0.15) is 0 Å². The molecule has 25 heavy (non-hydrogen) atoms. The van der Waals surface area contributed by atoms with E-state index in [9.17, 15) is 9.59 Å².